The van der Waals surface area contributed by atoms with Crippen molar-refractivity contribution in [1.82, 2.24) is 14.1 Å². The number of methoxy groups -OCH3 is 1. The summed E-state index contributed by atoms with van der Waals surface area (Å²) in [6.07, 6.45) is 4.30. The molecule has 4 N–H and O–H groups in total. The second-order valence-electron chi connectivity index (χ2n) is 7.55. The molecule has 0 aliphatic rings. The van der Waals surface area contributed by atoms with E-state index in [2.05, 4.69) is 23.4 Å². The molecule has 7 heteroatoms. The Kier molecular flexibility index (Phi) is 4.81. The van der Waals surface area contributed by atoms with Gasteiger partial charge in [-0.05, 0) is 50.1 Å². The van der Waals surface area contributed by atoms with E-state index in [9.17, 15) is 10.2 Å². The molecule has 0 bridgehead atoms. The van der Waals surface area contributed by atoms with Gasteiger partial charge in [-0.2, -0.15) is 0 Å². The van der Waals surface area contributed by atoms with Crippen molar-refractivity contribution < 1.29 is 14.9 Å². The first-order valence-corrected chi connectivity index (χ1v) is 9.93. The molecule has 0 saturated heterocycles. The molecule has 0 spiro atoms. The van der Waals surface area contributed by atoms with Crippen LogP contribution in [0.25, 0.3) is 27.8 Å². The first kappa shape index (κ1) is 19.7. The van der Waals surface area contributed by atoms with Gasteiger partial charge in [0.15, 0.2) is 0 Å². The zero-order chi connectivity index (χ0) is 21.6. The van der Waals surface area contributed by atoms with Crippen LogP contribution in [0.5, 0.6) is 17.2 Å². The van der Waals surface area contributed by atoms with Crippen LogP contribution in [0.15, 0.2) is 42.7 Å². The molecule has 0 aliphatic carbocycles. The molecule has 156 valence electrons. The minimum Gasteiger partial charge on any atom is -0.508 e. The minimum atomic E-state index is -0.0321. The number of anilines is 1. The molecular formula is C23H26N4O3. The molecule has 0 amide bonds. The van der Waals surface area contributed by atoms with E-state index in [0.29, 0.717) is 23.6 Å². The van der Waals surface area contributed by atoms with Gasteiger partial charge in [0, 0.05) is 29.3 Å². The summed E-state index contributed by atoms with van der Waals surface area (Å²) in [6.45, 7) is 6.18. The number of hydrogen-bond donors (Lipinski definition) is 3. The highest BCUT2D eigenvalue weighted by Gasteiger charge is 2.21. The number of nitrogens with zero attached hydrogens (tertiary/aromatic N) is 3. The highest BCUT2D eigenvalue weighted by molar-refractivity contribution is 5.94. The van der Waals surface area contributed by atoms with Crippen molar-refractivity contribution >= 4 is 16.9 Å². The van der Waals surface area contributed by atoms with Gasteiger partial charge < -0.3 is 25.3 Å². The highest BCUT2D eigenvalue weighted by Crippen LogP contribution is 2.40. The second kappa shape index (κ2) is 7.33. The Balaban J connectivity index is 2.01. The fourth-order valence-electron chi connectivity index (χ4n) is 3.95. The fourth-order valence-corrected chi connectivity index (χ4v) is 3.95. The molecule has 4 rings (SSSR count). The van der Waals surface area contributed by atoms with Crippen molar-refractivity contribution in [1.29, 1.82) is 0 Å². The first-order chi connectivity index (χ1) is 14.4. The third kappa shape index (κ3) is 2.94. The lowest BCUT2D eigenvalue weighted by Gasteiger charge is -2.17. The number of fused-ring (bicyclic) bond motifs is 1. The molecule has 0 radical (unpaired) electrons. The van der Waals surface area contributed by atoms with Crippen LogP contribution < -0.4 is 10.5 Å². The van der Waals surface area contributed by atoms with Crippen molar-refractivity contribution in [3.8, 4) is 34.2 Å². The van der Waals surface area contributed by atoms with E-state index in [4.69, 9.17) is 10.5 Å². The number of hydrogen-bond acceptors (Lipinski definition) is 5. The SMILES string of the molecule is CCc1cc(-c2cnc(N)n2-c2ccc(OC)c3c2ccn3C(C)C)c(O)cc1O. The highest BCUT2D eigenvalue weighted by atomic mass is 16.5. The molecule has 0 saturated carbocycles. The number of nitrogen functional groups attached to an aromatic ring is 1. The van der Waals surface area contributed by atoms with Gasteiger partial charge in [0.25, 0.3) is 0 Å². The number of aromatic nitrogens is 3. The van der Waals surface area contributed by atoms with Crippen LogP contribution in [0.1, 0.15) is 32.4 Å². The minimum absolute atomic E-state index is 0.0321. The van der Waals surface area contributed by atoms with Gasteiger partial charge in [0.1, 0.15) is 17.2 Å². The van der Waals surface area contributed by atoms with Gasteiger partial charge in [-0.15, -0.1) is 0 Å². The zero-order valence-electron chi connectivity index (χ0n) is 17.5. The summed E-state index contributed by atoms with van der Waals surface area (Å²) >= 11 is 0. The molecule has 2 heterocycles. The number of ether oxygens (including phenoxy) is 1. The number of aryl methyl sites for hydroxylation is 1. The number of phenolic OH excluding ortho intramolecular Hbond substituents is 2. The molecule has 2 aromatic carbocycles. The van der Waals surface area contributed by atoms with Gasteiger partial charge in [0.05, 0.1) is 30.2 Å². The predicted octanol–water partition coefficient (Wildman–Crippen LogP) is 4.64. The van der Waals surface area contributed by atoms with Crippen LogP contribution in [0, 0.1) is 0 Å². The van der Waals surface area contributed by atoms with Crippen molar-refractivity contribution in [2.75, 3.05) is 12.8 Å². The van der Waals surface area contributed by atoms with E-state index in [1.165, 1.54) is 6.07 Å². The fraction of sp³-hybridized carbons (Fsp3) is 0.261. The Bertz CT molecular complexity index is 1240. The van der Waals surface area contributed by atoms with Crippen molar-refractivity contribution in [3.63, 3.8) is 0 Å². The summed E-state index contributed by atoms with van der Waals surface area (Å²) in [5.74, 6) is 1.11. The van der Waals surface area contributed by atoms with Crippen molar-refractivity contribution in [3.05, 3.63) is 48.3 Å². The summed E-state index contributed by atoms with van der Waals surface area (Å²) in [5.41, 5.74) is 10.0. The van der Waals surface area contributed by atoms with Crippen LogP contribution >= 0.6 is 0 Å². The summed E-state index contributed by atoms with van der Waals surface area (Å²) in [6, 6.07) is 9.27. The predicted molar refractivity (Wildman–Crippen MR) is 119 cm³/mol. The molecule has 7 nitrogen and oxygen atoms in total. The average molecular weight is 406 g/mol. The first-order valence-electron chi connectivity index (χ1n) is 9.93. The van der Waals surface area contributed by atoms with Crippen LogP contribution in [-0.2, 0) is 6.42 Å². The van der Waals surface area contributed by atoms with E-state index >= 15 is 0 Å². The van der Waals surface area contributed by atoms with Crippen LogP contribution in [0.3, 0.4) is 0 Å². The number of rotatable bonds is 5. The van der Waals surface area contributed by atoms with E-state index in [-0.39, 0.29) is 17.5 Å². The molecule has 2 aromatic heterocycles. The Morgan fingerprint density at radius 3 is 2.57 bits per heavy atom. The molecular weight excluding hydrogens is 380 g/mol. The van der Waals surface area contributed by atoms with Crippen molar-refractivity contribution in [2.24, 2.45) is 0 Å². The maximum atomic E-state index is 10.6. The number of benzene rings is 2. The molecule has 4 aromatic rings. The topological polar surface area (TPSA) is 98.5 Å². The molecule has 0 atom stereocenters. The summed E-state index contributed by atoms with van der Waals surface area (Å²) in [7, 11) is 1.66. The van der Waals surface area contributed by atoms with Crippen molar-refractivity contribution in [2.45, 2.75) is 33.2 Å². The van der Waals surface area contributed by atoms with Gasteiger partial charge in [-0.1, -0.05) is 6.92 Å². The number of nitrogens with two attached hydrogens (primary N) is 1. The monoisotopic (exact) mass is 406 g/mol. The largest absolute Gasteiger partial charge is 0.508 e. The zero-order valence-corrected chi connectivity index (χ0v) is 17.5. The van der Waals surface area contributed by atoms with E-state index in [1.807, 2.05) is 35.9 Å². The quantitative estimate of drug-likeness (QED) is 0.448. The van der Waals surface area contributed by atoms with Gasteiger partial charge in [-0.25, -0.2) is 4.98 Å². The smallest absolute Gasteiger partial charge is 0.205 e. The molecule has 0 unspecified atom stereocenters. The van der Waals surface area contributed by atoms with E-state index < -0.39 is 0 Å². The third-order valence-electron chi connectivity index (χ3n) is 5.48. The lowest BCUT2D eigenvalue weighted by molar-refractivity contribution is 0.416. The average Bonchev–Trinajstić information content (AvgIpc) is 3.32. The molecule has 0 fully saturated rings. The van der Waals surface area contributed by atoms with Gasteiger partial charge >= 0.3 is 0 Å². The Morgan fingerprint density at radius 2 is 1.90 bits per heavy atom. The van der Waals surface area contributed by atoms with Crippen LogP contribution in [0.4, 0.5) is 5.95 Å². The summed E-state index contributed by atoms with van der Waals surface area (Å²) in [4.78, 5) is 4.31. The van der Waals surface area contributed by atoms with Gasteiger partial charge in [-0.3, -0.25) is 4.57 Å². The Morgan fingerprint density at radius 1 is 1.13 bits per heavy atom. The maximum Gasteiger partial charge on any atom is 0.205 e. The third-order valence-corrected chi connectivity index (χ3v) is 5.48. The maximum absolute atomic E-state index is 10.6. The standard InChI is InChI=1S/C23H26N4O3/c1-5-14-10-16(20(29)11-19(14)28)18-12-25-23(24)27(18)17-6-7-21(30-4)22-15(17)8-9-26(22)13(2)3/h6-13,28-29H,5H2,1-4H3,(H2,24,25). The Labute approximate surface area is 175 Å². The summed E-state index contributed by atoms with van der Waals surface area (Å²) in [5, 5.41) is 21.6. The molecule has 0 aliphatic heterocycles. The van der Waals surface area contributed by atoms with E-state index in [1.54, 1.807) is 19.4 Å². The Hall–Kier alpha value is -3.61. The summed E-state index contributed by atoms with van der Waals surface area (Å²) < 4.78 is 9.58. The second-order valence-corrected chi connectivity index (χ2v) is 7.55. The lowest BCUT2D eigenvalue weighted by Crippen LogP contribution is -2.05. The lowest BCUT2D eigenvalue weighted by atomic mass is 10.0. The van der Waals surface area contributed by atoms with Crippen LogP contribution in [0.2, 0.25) is 0 Å². The van der Waals surface area contributed by atoms with Crippen LogP contribution in [-0.4, -0.2) is 31.4 Å². The number of phenols is 2. The normalized spacial score (nSPS) is 11.5. The van der Waals surface area contributed by atoms with Gasteiger partial charge in [0.2, 0.25) is 5.95 Å². The molecule has 30 heavy (non-hydrogen) atoms. The van der Waals surface area contributed by atoms with E-state index in [0.717, 1.165) is 27.9 Å². The number of imidazole rings is 1. The number of aromatic hydroxyl groups is 2.